The van der Waals surface area contributed by atoms with Crippen LogP contribution in [0.5, 0.6) is 0 Å². The predicted molar refractivity (Wildman–Crippen MR) is 81.8 cm³/mol. The molecule has 0 saturated carbocycles. The van der Waals surface area contributed by atoms with Crippen molar-refractivity contribution in [3.05, 3.63) is 58.3 Å². The molecule has 0 saturated heterocycles. The summed E-state index contributed by atoms with van der Waals surface area (Å²) in [6.07, 6.45) is 3.33. The van der Waals surface area contributed by atoms with Crippen LogP contribution in [0.3, 0.4) is 0 Å². The number of nitrogens with zero attached hydrogens (tertiary/aromatic N) is 2. The normalized spacial score (nSPS) is 11.8. The van der Waals surface area contributed by atoms with Crippen molar-refractivity contribution in [2.75, 3.05) is 7.05 Å². The molecule has 0 radical (unpaired) electrons. The van der Waals surface area contributed by atoms with Crippen LogP contribution in [0.1, 0.15) is 11.1 Å². The summed E-state index contributed by atoms with van der Waals surface area (Å²) in [5, 5.41) is 0. The lowest BCUT2D eigenvalue weighted by Crippen LogP contribution is -2.26. The molecule has 0 atom stereocenters. The molecule has 0 bridgehead atoms. The number of aryl methyl sites for hydroxylation is 1. The third kappa shape index (κ3) is 3.26. The van der Waals surface area contributed by atoms with Crippen LogP contribution in [0.25, 0.3) is 0 Å². The zero-order chi connectivity index (χ0) is 14.8. The zero-order valence-electron chi connectivity index (χ0n) is 11.2. The first kappa shape index (κ1) is 15.2. The fourth-order valence-electron chi connectivity index (χ4n) is 1.79. The maximum atomic E-state index is 12.5. The van der Waals surface area contributed by atoms with Crippen molar-refractivity contribution < 1.29 is 8.42 Å². The van der Waals surface area contributed by atoms with Crippen LogP contribution in [0.2, 0.25) is 0 Å². The topological polar surface area (TPSA) is 50.3 Å². The van der Waals surface area contributed by atoms with Gasteiger partial charge in [-0.15, -0.1) is 0 Å². The van der Waals surface area contributed by atoms with Gasteiger partial charge >= 0.3 is 0 Å². The van der Waals surface area contributed by atoms with Crippen LogP contribution in [0.4, 0.5) is 0 Å². The second-order valence-electron chi connectivity index (χ2n) is 4.53. The minimum atomic E-state index is -3.49. The van der Waals surface area contributed by atoms with Crippen LogP contribution in [-0.4, -0.2) is 24.8 Å². The van der Waals surface area contributed by atoms with E-state index in [-0.39, 0.29) is 0 Å². The Labute approximate surface area is 127 Å². The largest absolute Gasteiger partial charge is 0.264 e. The fraction of sp³-hybridized carbons (Fsp3) is 0.214. The van der Waals surface area contributed by atoms with Gasteiger partial charge in [-0.1, -0.05) is 22.0 Å². The van der Waals surface area contributed by atoms with Crippen molar-refractivity contribution >= 4 is 26.0 Å². The summed E-state index contributed by atoms with van der Waals surface area (Å²) in [7, 11) is -1.92. The van der Waals surface area contributed by atoms with Gasteiger partial charge in [0.1, 0.15) is 0 Å². The van der Waals surface area contributed by atoms with Gasteiger partial charge in [0, 0.05) is 30.5 Å². The van der Waals surface area contributed by atoms with Gasteiger partial charge in [-0.25, -0.2) is 8.42 Å². The second-order valence-corrected chi connectivity index (χ2v) is 7.43. The first-order valence-electron chi connectivity index (χ1n) is 6.02. The average Bonchev–Trinajstić information content (AvgIpc) is 2.42. The Morgan fingerprint density at radius 2 is 2.05 bits per heavy atom. The minimum absolute atomic E-state index is 0.296. The monoisotopic (exact) mass is 354 g/mol. The molecule has 106 valence electrons. The smallest absolute Gasteiger partial charge is 0.243 e. The molecular formula is C14H15BrN2O2S. The summed E-state index contributed by atoms with van der Waals surface area (Å²) in [6, 6.07) is 8.66. The lowest BCUT2D eigenvalue weighted by molar-refractivity contribution is 0.466. The third-order valence-corrected chi connectivity index (χ3v) is 5.65. The van der Waals surface area contributed by atoms with Crippen molar-refractivity contribution in [3.8, 4) is 0 Å². The summed E-state index contributed by atoms with van der Waals surface area (Å²) in [5.74, 6) is 0. The van der Waals surface area contributed by atoms with Gasteiger partial charge in [0.25, 0.3) is 0 Å². The van der Waals surface area contributed by atoms with E-state index in [9.17, 15) is 8.42 Å². The van der Waals surface area contributed by atoms with Crippen LogP contribution in [-0.2, 0) is 16.6 Å². The summed E-state index contributed by atoms with van der Waals surface area (Å²) in [6.45, 7) is 2.16. The van der Waals surface area contributed by atoms with Crippen LogP contribution in [0, 0.1) is 6.92 Å². The molecule has 0 amide bonds. The van der Waals surface area contributed by atoms with E-state index < -0.39 is 10.0 Å². The molecule has 1 heterocycles. The van der Waals surface area contributed by atoms with Gasteiger partial charge in [-0.3, -0.25) is 4.98 Å². The van der Waals surface area contributed by atoms with E-state index in [1.54, 1.807) is 43.7 Å². The van der Waals surface area contributed by atoms with Gasteiger partial charge in [0.15, 0.2) is 0 Å². The summed E-state index contributed by atoms with van der Waals surface area (Å²) < 4.78 is 27.2. The highest BCUT2D eigenvalue weighted by Gasteiger charge is 2.21. The van der Waals surface area contributed by atoms with Gasteiger partial charge in [0.2, 0.25) is 10.0 Å². The molecule has 0 spiro atoms. The summed E-state index contributed by atoms with van der Waals surface area (Å²) in [5.41, 5.74) is 1.74. The molecule has 4 nitrogen and oxygen atoms in total. The van der Waals surface area contributed by atoms with Crippen molar-refractivity contribution in [1.29, 1.82) is 0 Å². The molecule has 6 heteroatoms. The first-order valence-corrected chi connectivity index (χ1v) is 8.26. The number of halogens is 1. The number of rotatable bonds is 4. The molecule has 2 aromatic rings. The highest BCUT2D eigenvalue weighted by atomic mass is 79.9. The molecule has 0 aliphatic carbocycles. The number of aromatic nitrogens is 1. The molecular weight excluding hydrogens is 340 g/mol. The van der Waals surface area contributed by atoms with E-state index in [0.717, 1.165) is 15.6 Å². The number of hydrogen-bond acceptors (Lipinski definition) is 3. The van der Waals surface area contributed by atoms with Gasteiger partial charge in [-0.2, -0.15) is 4.31 Å². The van der Waals surface area contributed by atoms with Crippen LogP contribution in [0.15, 0.2) is 52.1 Å². The lowest BCUT2D eigenvalue weighted by atomic mass is 10.2. The molecule has 0 unspecified atom stereocenters. The number of benzene rings is 1. The molecule has 1 aromatic heterocycles. The Hall–Kier alpha value is -1.24. The van der Waals surface area contributed by atoms with E-state index in [4.69, 9.17) is 0 Å². The van der Waals surface area contributed by atoms with Crippen molar-refractivity contribution in [1.82, 2.24) is 9.29 Å². The van der Waals surface area contributed by atoms with Crippen molar-refractivity contribution in [3.63, 3.8) is 0 Å². The maximum absolute atomic E-state index is 12.5. The quantitative estimate of drug-likeness (QED) is 0.847. The average molecular weight is 355 g/mol. The van der Waals surface area contributed by atoms with Gasteiger partial charge in [0.05, 0.1) is 4.90 Å². The fourth-order valence-corrected chi connectivity index (χ4v) is 3.28. The van der Waals surface area contributed by atoms with E-state index in [2.05, 4.69) is 20.9 Å². The Balaban J connectivity index is 2.27. The number of hydrogen-bond donors (Lipinski definition) is 0. The third-order valence-electron chi connectivity index (χ3n) is 2.97. The van der Waals surface area contributed by atoms with Crippen molar-refractivity contribution in [2.24, 2.45) is 0 Å². The molecule has 0 aliphatic heterocycles. The van der Waals surface area contributed by atoms with Gasteiger partial charge in [-0.05, 0) is 42.3 Å². The Morgan fingerprint density at radius 3 is 2.65 bits per heavy atom. The molecule has 1 aromatic carbocycles. The Morgan fingerprint density at radius 1 is 1.30 bits per heavy atom. The highest BCUT2D eigenvalue weighted by Crippen LogP contribution is 2.22. The molecule has 20 heavy (non-hydrogen) atoms. The van der Waals surface area contributed by atoms with Crippen LogP contribution >= 0.6 is 15.9 Å². The van der Waals surface area contributed by atoms with E-state index in [1.807, 2.05) is 13.0 Å². The first-order chi connectivity index (χ1) is 9.41. The SMILES string of the molecule is Cc1cc(S(=O)(=O)N(C)Cc2cccnc2)ccc1Br. The Bertz CT molecular complexity index is 702. The minimum Gasteiger partial charge on any atom is -0.264 e. The van der Waals surface area contributed by atoms with E-state index in [1.165, 1.54) is 4.31 Å². The number of sulfonamides is 1. The molecule has 0 N–H and O–H groups in total. The van der Waals surface area contributed by atoms with Crippen LogP contribution < -0.4 is 0 Å². The summed E-state index contributed by atoms with van der Waals surface area (Å²) in [4.78, 5) is 4.29. The second kappa shape index (κ2) is 6.03. The highest BCUT2D eigenvalue weighted by molar-refractivity contribution is 9.10. The predicted octanol–water partition coefficient (Wildman–Crippen LogP) is 2.97. The maximum Gasteiger partial charge on any atom is 0.243 e. The molecule has 0 aliphatic rings. The number of pyridine rings is 1. The lowest BCUT2D eigenvalue weighted by Gasteiger charge is -2.17. The van der Waals surface area contributed by atoms with Gasteiger partial charge < -0.3 is 0 Å². The standard InChI is InChI=1S/C14H15BrN2O2S/c1-11-8-13(5-6-14(11)15)20(18,19)17(2)10-12-4-3-7-16-9-12/h3-9H,10H2,1-2H3. The van der Waals surface area contributed by atoms with Crippen molar-refractivity contribution in [2.45, 2.75) is 18.4 Å². The summed E-state index contributed by atoms with van der Waals surface area (Å²) >= 11 is 3.37. The van der Waals surface area contributed by atoms with E-state index >= 15 is 0 Å². The molecule has 0 fully saturated rings. The molecule has 2 rings (SSSR count). The Kier molecular flexibility index (Phi) is 4.57. The zero-order valence-corrected chi connectivity index (χ0v) is 13.6. The van der Waals surface area contributed by atoms with E-state index in [0.29, 0.717) is 11.4 Å².